The van der Waals surface area contributed by atoms with Gasteiger partial charge in [-0.15, -0.1) is 0 Å². The average Bonchev–Trinajstić information content (AvgIpc) is 3.28. The summed E-state index contributed by atoms with van der Waals surface area (Å²) in [5, 5.41) is 7.25. The number of fused-ring (bicyclic) bond motifs is 6. The molecule has 3 heteroatoms. The van der Waals surface area contributed by atoms with Gasteiger partial charge in [-0.25, -0.2) is 0 Å². The van der Waals surface area contributed by atoms with Crippen molar-refractivity contribution < 1.29 is 4.74 Å². The number of rotatable bonds is 7. The molecule has 0 saturated carbocycles. The third kappa shape index (κ3) is 5.89. The van der Waals surface area contributed by atoms with Gasteiger partial charge in [0, 0.05) is 45.5 Å². The smallest absolute Gasteiger partial charge is 0.137 e. The van der Waals surface area contributed by atoms with Gasteiger partial charge in [-0.1, -0.05) is 121 Å². The predicted molar refractivity (Wildman–Crippen MR) is 253 cm³/mol. The van der Waals surface area contributed by atoms with Gasteiger partial charge in [-0.05, 0) is 154 Å². The zero-order valence-electron chi connectivity index (χ0n) is 33.9. The molecule has 60 heavy (non-hydrogen) atoms. The molecule has 0 atom stereocenters. The molecule has 0 amide bonds. The Hall–Kier alpha value is -7.62. The van der Waals surface area contributed by atoms with Gasteiger partial charge in [0.2, 0.25) is 0 Å². The lowest BCUT2D eigenvalue weighted by Crippen LogP contribution is -2.13. The van der Waals surface area contributed by atoms with Gasteiger partial charge < -0.3 is 14.5 Å². The summed E-state index contributed by atoms with van der Waals surface area (Å²) in [6.45, 7) is 6.58. The maximum Gasteiger partial charge on any atom is 0.137 e. The van der Waals surface area contributed by atoms with E-state index in [2.05, 4.69) is 231 Å². The van der Waals surface area contributed by atoms with E-state index in [1.165, 1.54) is 66.0 Å². The quantitative estimate of drug-likeness (QED) is 0.150. The summed E-state index contributed by atoms with van der Waals surface area (Å²) in [5.74, 6) is 1.74. The summed E-state index contributed by atoms with van der Waals surface area (Å²) >= 11 is 0. The first-order chi connectivity index (χ1) is 29.5. The average molecular weight is 771 g/mol. The number of aryl methyl sites for hydroxylation is 3. The summed E-state index contributed by atoms with van der Waals surface area (Å²) < 4.78 is 6.92. The van der Waals surface area contributed by atoms with Crippen LogP contribution in [0.1, 0.15) is 16.7 Å². The van der Waals surface area contributed by atoms with Crippen LogP contribution < -0.4 is 14.5 Å². The fraction of sp³-hybridized carbons (Fsp3) is 0.0526. The summed E-state index contributed by atoms with van der Waals surface area (Å²) in [6, 6.07) is 72.2. The number of nitrogens with zero attached hydrogens (tertiary/aromatic N) is 2. The van der Waals surface area contributed by atoms with Crippen molar-refractivity contribution in [1.29, 1.82) is 0 Å². The molecule has 1 aliphatic rings. The SMILES string of the molecule is Cc1cc(C)c(N(c2ccccc2)c2ccc3c(c2)Oc2cccc4c2c-3cc2c3ccccc3c(-c3ccc(N(c5ccccc5)c5ccccc5)cc3)cc42)c(C)c1. The highest BCUT2D eigenvalue weighted by molar-refractivity contribution is 6.25. The lowest BCUT2D eigenvalue weighted by Gasteiger charge is -2.30. The number of hydrogen-bond donors (Lipinski definition) is 0. The maximum atomic E-state index is 6.92. The third-order valence-electron chi connectivity index (χ3n) is 12.0. The van der Waals surface area contributed by atoms with Gasteiger partial charge in [0.15, 0.2) is 0 Å². The van der Waals surface area contributed by atoms with Crippen LogP contribution in [0, 0.1) is 20.8 Å². The minimum atomic E-state index is 0.858. The second-order valence-corrected chi connectivity index (χ2v) is 15.9. The van der Waals surface area contributed by atoms with Crippen LogP contribution in [0.2, 0.25) is 0 Å². The van der Waals surface area contributed by atoms with Crippen LogP contribution in [0.4, 0.5) is 34.1 Å². The topological polar surface area (TPSA) is 15.7 Å². The number of hydrogen-bond acceptors (Lipinski definition) is 3. The molecule has 0 aliphatic carbocycles. The Morgan fingerprint density at radius 2 is 0.850 bits per heavy atom. The second kappa shape index (κ2) is 14.3. The first kappa shape index (κ1) is 35.5. The predicted octanol–water partition coefficient (Wildman–Crippen LogP) is 16.5. The van der Waals surface area contributed by atoms with Crippen LogP contribution in [0.3, 0.4) is 0 Å². The van der Waals surface area contributed by atoms with Gasteiger partial charge in [0.1, 0.15) is 11.5 Å². The van der Waals surface area contributed by atoms with Crippen LogP contribution in [0.15, 0.2) is 200 Å². The van der Waals surface area contributed by atoms with E-state index < -0.39 is 0 Å². The van der Waals surface area contributed by atoms with Gasteiger partial charge in [0.05, 0.1) is 5.69 Å². The molecule has 11 rings (SSSR count). The number of para-hydroxylation sites is 3. The highest BCUT2D eigenvalue weighted by atomic mass is 16.5. The van der Waals surface area contributed by atoms with E-state index in [0.717, 1.165) is 50.9 Å². The van der Waals surface area contributed by atoms with Crippen molar-refractivity contribution in [2.24, 2.45) is 0 Å². The van der Waals surface area contributed by atoms with Gasteiger partial charge >= 0.3 is 0 Å². The van der Waals surface area contributed by atoms with E-state index in [1.807, 2.05) is 0 Å². The fourth-order valence-corrected chi connectivity index (χ4v) is 9.54. The number of anilines is 6. The molecule has 0 saturated heterocycles. The Morgan fingerprint density at radius 3 is 1.50 bits per heavy atom. The number of ether oxygens (including phenoxy) is 1. The van der Waals surface area contributed by atoms with Crippen LogP contribution >= 0.6 is 0 Å². The van der Waals surface area contributed by atoms with Crippen LogP contribution in [-0.2, 0) is 0 Å². The van der Waals surface area contributed by atoms with Crippen molar-refractivity contribution in [3.63, 3.8) is 0 Å². The lowest BCUT2D eigenvalue weighted by atomic mass is 9.86. The van der Waals surface area contributed by atoms with Gasteiger partial charge in [-0.3, -0.25) is 0 Å². The first-order valence-electron chi connectivity index (χ1n) is 20.7. The van der Waals surface area contributed by atoms with Crippen molar-refractivity contribution in [2.75, 3.05) is 9.80 Å². The monoisotopic (exact) mass is 770 g/mol. The zero-order chi connectivity index (χ0) is 40.3. The standard InChI is InChI=1S/C57H42N2O/c1-37-32-38(2)57(39(3)33-37)59(43-20-11-6-12-21-43)45-30-31-48-53-36-51-47-23-14-13-22-46(47)50(35-52(51)49-24-15-25-54(56(49)53)60-55(48)34-45)40-26-28-44(29-27-40)58(41-16-7-4-8-17-41)42-18-9-5-10-19-42/h4-36H,1-3H3. The molecule has 0 N–H and O–H groups in total. The van der Waals surface area contributed by atoms with Crippen molar-refractivity contribution >= 4 is 66.4 Å². The second-order valence-electron chi connectivity index (χ2n) is 15.9. The first-order valence-corrected chi connectivity index (χ1v) is 20.7. The summed E-state index contributed by atoms with van der Waals surface area (Å²) in [4.78, 5) is 4.68. The van der Waals surface area contributed by atoms with Crippen molar-refractivity contribution in [2.45, 2.75) is 20.8 Å². The Bertz CT molecular complexity index is 3190. The minimum absolute atomic E-state index is 0.858. The van der Waals surface area contributed by atoms with E-state index in [0.29, 0.717) is 0 Å². The highest BCUT2D eigenvalue weighted by Crippen LogP contribution is 2.52. The summed E-state index contributed by atoms with van der Waals surface area (Å²) in [7, 11) is 0. The van der Waals surface area contributed by atoms with Gasteiger partial charge in [-0.2, -0.15) is 0 Å². The number of benzene rings is 10. The molecule has 10 aromatic rings. The van der Waals surface area contributed by atoms with E-state index in [9.17, 15) is 0 Å². The third-order valence-corrected chi connectivity index (χ3v) is 12.0. The highest BCUT2D eigenvalue weighted by Gasteiger charge is 2.26. The molecule has 1 heterocycles. The maximum absolute atomic E-state index is 6.92. The molecule has 0 fully saturated rings. The van der Waals surface area contributed by atoms with E-state index in [1.54, 1.807) is 0 Å². The molecule has 0 spiro atoms. The molecule has 0 radical (unpaired) electrons. The Kier molecular flexibility index (Phi) is 8.49. The Balaban J connectivity index is 1.06. The summed E-state index contributed by atoms with van der Waals surface area (Å²) in [6.07, 6.45) is 0. The zero-order valence-corrected chi connectivity index (χ0v) is 33.9. The molecule has 0 unspecified atom stereocenters. The minimum Gasteiger partial charge on any atom is -0.456 e. The molecule has 0 bridgehead atoms. The molecule has 3 nitrogen and oxygen atoms in total. The molecular weight excluding hydrogens is 729 g/mol. The lowest BCUT2D eigenvalue weighted by molar-refractivity contribution is 0.487. The molecule has 10 aromatic carbocycles. The largest absolute Gasteiger partial charge is 0.456 e. The van der Waals surface area contributed by atoms with Crippen molar-refractivity contribution in [3.8, 4) is 33.8 Å². The normalized spacial score (nSPS) is 11.7. The molecule has 0 aromatic heterocycles. The summed E-state index contributed by atoms with van der Waals surface area (Å²) in [5.41, 5.74) is 15.1. The van der Waals surface area contributed by atoms with E-state index in [4.69, 9.17) is 4.74 Å². The molecular formula is C57H42N2O. The molecule has 1 aliphatic heterocycles. The van der Waals surface area contributed by atoms with Crippen LogP contribution in [-0.4, -0.2) is 0 Å². The Labute approximate surface area is 351 Å². The fourth-order valence-electron chi connectivity index (χ4n) is 9.54. The van der Waals surface area contributed by atoms with Crippen molar-refractivity contribution in [1.82, 2.24) is 0 Å². The van der Waals surface area contributed by atoms with Crippen LogP contribution in [0.5, 0.6) is 11.5 Å². The van der Waals surface area contributed by atoms with E-state index >= 15 is 0 Å². The molecule has 286 valence electrons. The van der Waals surface area contributed by atoms with Crippen molar-refractivity contribution in [3.05, 3.63) is 217 Å². The van der Waals surface area contributed by atoms with Gasteiger partial charge in [0.25, 0.3) is 0 Å². The van der Waals surface area contributed by atoms with Crippen LogP contribution in [0.25, 0.3) is 54.6 Å². The Morgan fingerprint density at radius 1 is 0.333 bits per heavy atom. The van der Waals surface area contributed by atoms with E-state index in [-0.39, 0.29) is 0 Å².